The van der Waals surface area contributed by atoms with Gasteiger partial charge in [-0.15, -0.1) is 11.3 Å². The number of hydrogen-bond acceptors (Lipinski definition) is 5. The largest absolute Gasteiger partial charge is 0.497 e. The van der Waals surface area contributed by atoms with Crippen molar-refractivity contribution in [3.63, 3.8) is 0 Å². The first-order valence-corrected chi connectivity index (χ1v) is 10.4. The highest BCUT2D eigenvalue weighted by atomic mass is 32.2. The summed E-state index contributed by atoms with van der Waals surface area (Å²) in [6, 6.07) is 11.3. The highest BCUT2D eigenvalue weighted by Crippen LogP contribution is 2.25. The third-order valence-electron chi connectivity index (χ3n) is 3.59. The second-order valence-electron chi connectivity index (χ2n) is 5.53. The molecule has 0 bridgehead atoms. The summed E-state index contributed by atoms with van der Waals surface area (Å²) in [4.78, 5) is 13.7. The fourth-order valence-electron chi connectivity index (χ4n) is 2.31. The second-order valence-corrected chi connectivity index (χ2v) is 8.82. The van der Waals surface area contributed by atoms with Gasteiger partial charge in [-0.25, -0.2) is 8.42 Å². The van der Waals surface area contributed by atoms with E-state index < -0.39 is 9.84 Å². The number of carbonyl (C=O) groups excluding carboxylic acids is 1. The van der Waals surface area contributed by atoms with Crippen molar-refractivity contribution in [1.82, 2.24) is 5.32 Å². The van der Waals surface area contributed by atoms with E-state index in [1.54, 1.807) is 18.4 Å². The number of rotatable bonds is 8. The quantitative estimate of drug-likeness (QED) is 0.777. The zero-order chi connectivity index (χ0) is 17.6. The highest BCUT2D eigenvalue weighted by molar-refractivity contribution is 7.90. The molecule has 0 aliphatic carbocycles. The number of methoxy groups -OCH3 is 1. The Hall–Kier alpha value is -1.86. The summed E-state index contributed by atoms with van der Waals surface area (Å²) in [6.07, 6.45) is 1.74. The van der Waals surface area contributed by atoms with Gasteiger partial charge in [-0.2, -0.15) is 0 Å². The van der Waals surface area contributed by atoms with Gasteiger partial charge in [0, 0.05) is 17.7 Å². The molecule has 7 heteroatoms. The predicted molar refractivity (Wildman–Crippen MR) is 96.5 cm³/mol. The van der Waals surface area contributed by atoms with Gasteiger partial charge in [0.15, 0.2) is 0 Å². The fraction of sp³-hybridized carbons (Fsp3) is 0.353. The maximum Gasteiger partial charge on any atom is 0.227 e. The average molecular weight is 367 g/mol. The van der Waals surface area contributed by atoms with Crippen molar-refractivity contribution in [2.24, 2.45) is 0 Å². The molecule has 1 aromatic carbocycles. The molecule has 1 atom stereocenters. The van der Waals surface area contributed by atoms with Crippen LogP contribution in [-0.4, -0.2) is 40.0 Å². The van der Waals surface area contributed by atoms with Crippen LogP contribution < -0.4 is 10.1 Å². The molecule has 0 radical (unpaired) electrons. The van der Waals surface area contributed by atoms with Gasteiger partial charge in [0.05, 0.1) is 18.8 Å². The van der Waals surface area contributed by atoms with E-state index in [1.807, 2.05) is 41.8 Å². The molecule has 0 fully saturated rings. The Morgan fingerprint density at radius 2 is 1.96 bits per heavy atom. The van der Waals surface area contributed by atoms with Crippen LogP contribution in [-0.2, 0) is 21.1 Å². The number of nitrogens with one attached hydrogen (secondary N) is 1. The van der Waals surface area contributed by atoms with Crippen molar-refractivity contribution in [2.45, 2.75) is 12.3 Å². The summed E-state index contributed by atoms with van der Waals surface area (Å²) in [7, 11) is -1.50. The number of amides is 1. The maximum absolute atomic E-state index is 12.6. The molecular weight excluding hydrogens is 346 g/mol. The Balaban J connectivity index is 2.13. The van der Waals surface area contributed by atoms with E-state index in [9.17, 15) is 13.2 Å². The zero-order valence-electron chi connectivity index (χ0n) is 13.7. The van der Waals surface area contributed by atoms with E-state index in [2.05, 4.69) is 5.32 Å². The molecule has 0 saturated carbocycles. The van der Waals surface area contributed by atoms with E-state index in [0.29, 0.717) is 6.42 Å². The molecule has 130 valence electrons. The monoisotopic (exact) mass is 367 g/mol. The molecule has 1 N–H and O–H groups in total. The molecule has 5 nitrogen and oxygen atoms in total. The molecule has 24 heavy (non-hydrogen) atoms. The lowest BCUT2D eigenvalue weighted by atomic mass is 9.94. The van der Waals surface area contributed by atoms with Gasteiger partial charge in [-0.05, 0) is 35.6 Å². The van der Waals surface area contributed by atoms with Crippen LogP contribution in [0, 0.1) is 0 Å². The first-order valence-electron chi connectivity index (χ1n) is 7.51. The van der Waals surface area contributed by atoms with Crippen LogP contribution in [0.4, 0.5) is 0 Å². The lowest BCUT2D eigenvalue weighted by molar-refractivity contribution is -0.122. The second kappa shape index (κ2) is 8.30. The minimum atomic E-state index is -3.10. The summed E-state index contributed by atoms with van der Waals surface area (Å²) in [5, 5.41) is 4.71. The molecule has 0 aliphatic heterocycles. The first kappa shape index (κ1) is 18.5. The summed E-state index contributed by atoms with van der Waals surface area (Å²) < 4.78 is 27.6. The van der Waals surface area contributed by atoms with Crippen LogP contribution in [0.1, 0.15) is 16.4 Å². The van der Waals surface area contributed by atoms with Gasteiger partial charge >= 0.3 is 0 Å². The number of thiophene rings is 1. The van der Waals surface area contributed by atoms with E-state index in [4.69, 9.17) is 4.74 Å². The normalized spacial score (nSPS) is 12.6. The van der Waals surface area contributed by atoms with Gasteiger partial charge < -0.3 is 10.1 Å². The highest BCUT2D eigenvalue weighted by Gasteiger charge is 2.22. The summed E-state index contributed by atoms with van der Waals surface area (Å²) in [5.41, 5.74) is 0.876. The van der Waals surface area contributed by atoms with Crippen molar-refractivity contribution < 1.29 is 17.9 Å². The number of ether oxygens (including phenoxy) is 1. The average Bonchev–Trinajstić information content (AvgIpc) is 3.04. The van der Waals surface area contributed by atoms with Crippen molar-refractivity contribution in [2.75, 3.05) is 25.7 Å². The fourth-order valence-corrected chi connectivity index (χ4v) is 3.54. The Labute approximate surface area is 146 Å². The van der Waals surface area contributed by atoms with Gasteiger partial charge in [0.1, 0.15) is 15.6 Å². The SMILES string of the molecule is COc1ccc(C(Cc2cccs2)C(=O)NCCS(C)(=O)=O)cc1. The minimum absolute atomic E-state index is 0.0624. The van der Waals surface area contributed by atoms with E-state index >= 15 is 0 Å². The van der Waals surface area contributed by atoms with Crippen molar-refractivity contribution >= 4 is 27.1 Å². The third kappa shape index (κ3) is 5.65. The molecule has 0 aliphatic rings. The summed E-state index contributed by atoms with van der Waals surface area (Å²) >= 11 is 1.60. The number of carbonyl (C=O) groups is 1. The lowest BCUT2D eigenvalue weighted by Crippen LogP contribution is -2.33. The predicted octanol–water partition coefficient (Wildman–Crippen LogP) is 2.24. The van der Waals surface area contributed by atoms with Crippen molar-refractivity contribution in [1.29, 1.82) is 0 Å². The van der Waals surface area contributed by atoms with Crippen LogP contribution in [0.25, 0.3) is 0 Å². The van der Waals surface area contributed by atoms with Crippen LogP contribution in [0.3, 0.4) is 0 Å². The van der Waals surface area contributed by atoms with Gasteiger partial charge in [-0.1, -0.05) is 18.2 Å². The van der Waals surface area contributed by atoms with E-state index in [1.165, 1.54) is 0 Å². The molecule has 2 aromatic rings. The number of sulfone groups is 1. The van der Waals surface area contributed by atoms with Crippen LogP contribution >= 0.6 is 11.3 Å². The third-order valence-corrected chi connectivity index (χ3v) is 5.44. The molecule has 1 heterocycles. The van der Waals surface area contributed by atoms with E-state index in [0.717, 1.165) is 22.4 Å². The lowest BCUT2D eigenvalue weighted by Gasteiger charge is -2.17. The maximum atomic E-state index is 12.6. The topological polar surface area (TPSA) is 72.5 Å². The van der Waals surface area contributed by atoms with Crippen LogP contribution in [0.15, 0.2) is 41.8 Å². The molecule has 0 spiro atoms. The standard InChI is InChI=1S/C17H21NO4S2/c1-22-14-7-5-13(6-8-14)16(12-15-4-3-10-23-15)17(19)18-9-11-24(2,20)21/h3-8,10,16H,9,11-12H2,1-2H3,(H,18,19). The molecule has 1 aromatic heterocycles. The molecule has 1 unspecified atom stereocenters. The Morgan fingerprint density at radius 3 is 2.50 bits per heavy atom. The zero-order valence-corrected chi connectivity index (χ0v) is 15.3. The van der Waals surface area contributed by atoms with Crippen LogP contribution in [0.5, 0.6) is 5.75 Å². The number of benzene rings is 1. The van der Waals surface area contributed by atoms with E-state index in [-0.39, 0.29) is 24.1 Å². The Morgan fingerprint density at radius 1 is 1.25 bits per heavy atom. The summed E-state index contributed by atoms with van der Waals surface area (Å²) in [5.74, 6) is 0.130. The minimum Gasteiger partial charge on any atom is -0.497 e. The van der Waals surface area contributed by atoms with Crippen molar-refractivity contribution in [3.8, 4) is 5.75 Å². The molecule has 0 saturated heterocycles. The Kier molecular flexibility index (Phi) is 6.39. The van der Waals surface area contributed by atoms with Crippen molar-refractivity contribution in [3.05, 3.63) is 52.2 Å². The van der Waals surface area contributed by atoms with Crippen LogP contribution in [0.2, 0.25) is 0 Å². The first-order chi connectivity index (χ1) is 11.4. The molecule has 1 amide bonds. The molecule has 2 rings (SSSR count). The van der Waals surface area contributed by atoms with Gasteiger partial charge in [0.2, 0.25) is 5.91 Å². The number of hydrogen-bond donors (Lipinski definition) is 1. The Bertz CT molecular complexity index is 752. The molecular formula is C17H21NO4S2. The summed E-state index contributed by atoms with van der Waals surface area (Å²) in [6.45, 7) is 0.120. The van der Waals surface area contributed by atoms with Gasteiger partial charge in [-0.3, -0.25) is 4.79 Å². The smallest absolute Gasteiger partial charge is 0.227 e. The van der Waals surface area contributed by atoms with Gasteiger partial charge in [0.25, 0.3) is 0 Å².